The first-order valence-electron chi connectivity index (χ1n) is 11.7. The van der Waals surface area contributed by atoms with E-state index in [0.29, 0.717) is 25.0 Å². The van der Waals surface area contributed by atoms with Crippen LogP contribution in [0.2, 0.25) is 0 Å². The molecule has 1 saturated heterocycles. The second-order valence-electron chi connectivity index (χ2n) is 11.3. The van der Waals surface area contributed by atoms with E-state index in [1.54, 1.807) is 4.90 Å². The van der Waals surface area contributed by atoms with E-state index in [1.165, 1.54) is 38.5 Å². The Morgan fingerprint density at radius 2 is 1.52 bits per heavy atom. The summed E-state index contributed by atoms with van der Waals surface area (Å²) >= 11 is 0. The molecule has 1 heterocycles. The van der Waals surface area contributed by atoms with E-state index in [0.717, 1.165) is 43.8 Å². The number of amides is 2. The number of piperazine rings is 1. The SMILES string of the molecule is CC(C)(C)OC(=O)N1CCN(CCNC(=O)CC23CC4CC(CC(C4)C2)C3)CC1. The molecule has 0 spiro atoms. The van der Waals surface area contributed by atoms with Gasteiger partial charge in [-0.1, -0.05) is 0 Å². The third kappa shape index (κ3) is 5.25. The first-order valence-corrected chi connectivity index (χ1v) is 11.7. The highest BCUT2D eigenvalue weighted by atomic mass is 16.6. The van der Waals surface area contributed by atoms with Crippen molar-refractivity contribution in [2.45, 2.75) is 71.3 Å². The van der Waals surface area contributed by atoms with Crippen molar-refractivity contribution in [3.8, 4) is 0 Å². The van der Waals surface area contributed by atoms with Crippen molar-refractivity contribution in [1.29, 1.82) is 0 Å². The van der Waals surface area contributed by atoms with Crippen LogP contribution in [0.4, 0.5) is 4.79 Å². The molecule has 1 N–H and O–H groups in total. The Hall–Kier alpha value is -1.30. The van der Waals surface area contributed by atoms with Crippen molar-refractivity contribution in [1.82, 2.24) is 15.1 Å². The predicted octanol–water partition coefficient (Wildman–Crippen LogP) is 3.26. The Morgan fingerprint density at radius 3 is 2.03 bits per heavy atom. The van der Waals surface area contributed by atoms with Gasteiger partial charge in [-0.05, 0) is 82.5 Å². The molecule has 4 bridgehead atoms. The molecular weight excluding hydrogens is 366 g/mol. The van der Waals surface area contributed by atoms with Gasteiger partial charge in [0.15, 0.2) is 0 Å². The van der Waals surface area contributed by atoms with Crippen molar-refractivity contribution in [3.05, 3.63) is 0 Å². The molecule has 0 atom stereocenters. The second kappa shape index (κ2) is 8.09. The summed E-state index contributed by atoms with van der Waals surface area (Å²) in [6, 6.07) is 0. The maximum atomic E-state index is 12.6. The molecule has 29 heavy (non-hydrogen) atoms. The van der Waals surface area contributed by atoms with Crippen LogP contribution in [0.1, 0.15) is 65.7 Å². The Bertz CT molecular complexity index is 584. The van der Waals surface area contributed by atoms with E-state index in [-0.39, 0.29) is 12.0 Å². The summed E-state index contributed by atoms with van der Waals surface area (Å²) in [5.74, 6) is 2.94. The molecule has 4 aliphatic carbocycles. The maximum absolute atomic E-state index is 12.6. The van der Waals surface area contributed by atoms with Gasteiger partial charge in [0.2, 0.25) is 5.91 Å². The first kappa shape index (κ1) is 21.0. The Kier molecular flexibility index (Phi) is 5.84. The smallest absolute Gasteiger partial charge is 0.410 e. The molecule has 5 rings (SSSR count). The molecule has 0 unspecified atom stereocenters. The van der Waals surface area contributed by atoms with E-state index in [2.05, 4.69) is 10.2 Å². The van der Waals surface area contributed by atoms with Crippen LogP contribution in [-0.4, -0.2) is 66.7 Å². The minimum Gasteiger partial charge on any atom is -0.444 e. The third-order valence-electron chi connectivity index (χ3n) is 7.47. The lowest BCUT2D eigenvalue weighted by Crippen LogP contribution is -2.51. The number of ether oxygens (including phenoxy) is 1. The van der Waals surface area contributed by atoms with Crippen molar-refractivity contribution in [2.24, 2.45) is 23.2 Å². The van der Waals surface area contributed by atoms with E-state index >= 15 is 0 Å². The molecule has 6 heteroatoms. The van der Waals surface area contributed by atoms with E-state index < -0.39 is 5.60 Å². The fraction of sp³-hybridized carbons (Fsp3) is 0.913. The van der Waals surface area contributed by atoms with Gasteiger partial charge in [-0.3, -0.25) is 9.69 Å². The van der Waals surface area contributed by atoms with Crippen LogP contribution in [0.15, 0.2) is 0 Å². The van der Waals surface area contributed by atoms with Gasteiger partial charge in [-0.2, -0.15) is 0 Å². The fourth-order valence-corrected chi connectivity index (χ4v) is 6.74. The molecule has 1 aliphatic heterocycles. The molecule has 164 valence electrons. The summed E-state index contributed by atoms with van der Waals surface area (Å²) in [6.45, 7) is 10.3. The van der Waals surface area contributed by atoms with Crippen LogP contribution in [0.25, 0.3) is 0 Å². The normalized spacial score (nSPS) is 34.3. The summed E-state index contributed by atoms with van der Waals surface area (Å²) < 4.78 is 5.45. The lowest BCUT2D eigenvalue weighted by atomic mass is 9.49. The highest BCUT2D eigenvalue weighted by molar-refractivity contribution is 5.76. The average Bonchev–Trinajstić information content (AvgIpc) is 2.59. The summed E-state index contributed by atoms with van der Waals surface area (Å²) in [5.41, 5.74) is -0.132. The van der Waals surface area contributed by atoms with Crippen molar-refractivity contribution in [2.75, 3.05) is 39.3 Å². The molecule has 5 fully saturated rings. The Labute approximate surface area is 175 Å². The molecular formula is C23H39N3O3. The van der Waals surface area contributed by atoms with E-state index in [1.807, 2.05) is 20.8 Å². The zero-order valence-corrected chi connectivity index (χ0v) is 18.5. The third-order valence-corrected chi connectivity index (χ3v) is 7.47. The fourth-order valence-electron chi connectivity index (χ4n) is 6.74. The van der Waals surface area contributed by atoms with Crippen molar-refractivity contribution < 1.29 is 14.3 Å². The average molecular weight is 406 g/mol. The van der Waals surface area contributed by atoms with Gasteiger partial charge in [-0.15, -0.1) is 0 Å². The number of carbonyl (C=O) groups excluding carboxylic acids is 2. The lowest BCUT2D eigenvalue weighted by Gasteiger charge is -2.56. The maximum Gasteiger partial charge on any atom is 0.410 e. The van der Waals surface area contributed by atoms with Crippen LogP contribution < -0.4 is 5.32 Å². The Morgan fingerprint density at radius 1 is 0.966 bits per heavy atom. The minimum atomic E-state index is -0.449. The largest absolute Gasteiger partial charge is 0.444 e. The van der Waals surface area contributed by atoms with Gasteiger partial charge < -0.3 is 15.0 Å². The zero-order chi connectivity index (χ0) is 20.6. The number of nitrogens with zero attached hydrogens (tertiary/aromatic N) is 2. The molecule has 0 aromatic heterocycles. The van der Waals surface area contributed by atoms with Crippen molar-refractivity contribution >= 4 is 12.0 Å². The topological polar surface area (TPSA) is 61.9 Å². The molecule has 0 aromatic carbocycles. The summed E-state index contributed by atoms with van der Waals surface area (Å²) in [5, 5.41) is 3.18. The highest BCUT2D eigenvalue weighted by Crippen LogP contribution is 2.61. The van der Waals surface area contributed by atoms with Gasteiger partial charge in [0.05, 0.1) is 0 Å². The zero-order valence-electron chi connectivity index (χ0n) is 18.5. The van der Waals surface area contributed by atoms with E-state index in [4.69, 9.17) is 4.74 Å². The van der Waals surface area contributed by atoms with Gasteiger partial charge in [0.25, 0.3) is 0 Å². The number of rotatable bonds is 5. The highest BCUT2D eigenvalue weighted by Gasteiger charge is 2.51. The van der Waals surface area contributed by atoms with Gasteiger partial charge in [-0.25, -0.2) is 4.79 Å². The quantitative estimate of drug-likeness (QED) is 0.763. The molecule has 0 aromatic rings. The number of hydrogen-bond acceptors (Lipinski definition) is 4. The molecule has 0 radical (unpaired) electrons. The first-order chi connectivity index (χ1) is 13.7. The van der Waals surface area contributed by atoms with Crippen molar-refractivity contribution in [3.63, 3.8) is 0 Å². The monoisotopic (exact) mass is 405 g/mol. The molecule has 2 amide bonds. The minimum absolute atomic E-state index is 0.221. The summed E-state index contributed by atoms with van der Waals surface area (Å²) in [7, 11) is 0. The number of nitrogens with one attached hydrogen (secondary N) is 1. The summed E-state index contributed by atoms with van der Waals surface area (Å²) in [6.07, 6.45) is 8.67. The standard InChI is InChI=1S/C23H39N3O3/c1-22(2,3)29-21(28)26-8-6-25(7-9-26)5-4-24-20(27)16-23-13-17-10-18(14-23)12-19(11-17)15-23/h17-19H,4-16H2,1-3H3,(H,24,27). The summed E-state index contributed by atoms with van der Waals surface area (Å²) in [4.78, 5) is 28.9. The lowest BCUT2D eigenvalue weighted by molar-refractivity contribution is -0.129. The van der Waals surface area contributed by atoms with Crippen LogP contribution in [0.3, 0.4) is 0 Å². The van der Waals surface area contributed by atoms with Gasteiger partial charge in [0, 0.05) is 45.7 Å². The number of carbonyl (C=O) groups is 2. The molecule has 6 nitrogen and oxygen atoms in total. The van der Waals surface area contributed by atoms with Crippen LogP contribution in [0, 0.1) is 23.2 Å². The molecule has 4 saturated carbocycles. The van der Waals surface area contributed by atoms with Gasteiger partial charge >= 0.3 is 6.09 Å². The van der Waals surface area contributed by atoms with Crippen LogP contribution in [-0.2, 0) is 9.53 Å². The number of hydrogen-bond donors (Lipinski definition) is 1. The second-order valence-corrected chi connectivity index (χ2v) is 11.3. The van der Waals surface area contributed by atoms with Crippen LogP contribution >= 0.6 is 0 Å². The van der Waals surface area contributed by atoms with Gasteiger partial charge in [0.1, 0.15) is 5.60 Å². The Balaban J connectivity index is 1.14. The molecule has 5 aliphatic rings. The van der Waals surface area contributed by atoms with E-state index in [9.17, 15) is 9.59 Å². The van der Waals surface area contributed by atoms with Crippen LogP contribution in [0.5, 0.6) is 0 Å². The predicted molar refractivity (Wildman–Crippen MR) is 112 cm³/mol.